The first-order valence-corrected chi connectivity index (χ1v) is 9.42. The summed E-state index contributed by atoms with van der Waals surface area (Å²) in [7, 11) is 0. The first-order chi connectivity index (χ1) is 14.2. The zero-order valence-electron chi connectivity index (χ0n) is 17.5. The number of ether oxygens (including phenoxy) is 2. The molecule has 158 valence electrons. The van der Waals surface area contributed by atoms with E-state index in [1.54, 1.807) is 37.3 Å². The predicted molar refractivity (Wildman–Crippen MR) is 113 cm³/mol. The number of aliphatic hydroxyl groups excluding tert-OH is 2. The van der Waals surface area contributed by atoms with Gasteiger partial charge in [-0.1, -0.05) is 26.0 Å². The van der Waals surface area contributed by atoms with Gasteiger partial charge in [-0.15, -0.1) is 0 Å². The van der Waals surface area contributed by atoms with E-state index in [9.17, 15) is 15.0 Å². The molecule has 0 bridgehead atoms. The Kier molecular flexibility index (Phi) is 7.45. The van der Waals surface area contributed by atoms with E-state index >= 15 is 0 Å². The maximum Gasteiger partial charge on any atom is 0.269 e. The van der Waals surface area contributed by atoms with Crippen molar-refractivity contribution in [3.05, 3.63) is 65.4 Å². The average molecular weight is 410 g/mol. The van der Waals surface area contributed by atoms with Crippen molar-refractivity contribution in [2.75, 3.05) is 11.9 Å². The van der Waals surface area contributed by atoms with Crippen LogP contribution in [0.1, 0.15) is 33.3 Å². The van der Waals surface area contributed by atoms with Gasteiger partial charge in [-0.05, 0) is 48.9 Å². The van der Waals surface area contributed by atoms with Crippen LogP contribution in [-0.4, -0.2) is 29.0 Å². The molecule has 2 aromatic rings. The molecule has 1 unspecified atom stereocenters. The number of allylic oxidation sites excluding steroid dienone is 1. The van der Waals surface area contributed by atoms with Gasteiger partial charge in [0.25, 0.3) is 5.91 Å². The second-order valence-electron chi connectivity index (χ2n) is 7.42. The van der Waals surface area contributed by atoms with Crippen molar-refractivity contribution < 1.29 is 24.5 Å². The highest BCUT2D eigenvalue weighted by Gasteiger charge is 2.20. The van der Waals surface area contributed by atoms with Gasteiger partial charge in [0.2, 0.25) is 6.29 Å². The van der Waals surface area contributed by atoms with Crippen molar-refractivity contribution in [3.63, 3.8) is 0 Å². The zero-order chi connectivity index (χ0) is 22.3. The van der Waals surface area contributed by atoms with Crippen LogP contribution in [0.25, 0.3) is 0 Å². The molecule has 0 saturated heterocycles. The van der Waals surface area contributed by atoms with Crippen molar-refractivity contribution in [2.24, 2.45) is 0 Å². The van der Waals surface area contributed by atoms with Crippen LogP contribution in [0.4, 0.5) is 5.69 Å². The Hall–Kier alpha value is -3.50. The fraction of sp³-hybridized carbons (Fsp3) is 0.304. The van der Waals surface area contributed by atoms with Crippen molar-refractivity contribution >= 4 is 11.6 Å². The Morgan fingerprint density at radius 1 is 1.17 bits per heavy atom. The highest BCUT2D eigenvalue weighted by Crippen LogP contribution is 2.27. The number of carbonyl (C=O) groups excluding carboxylic acids is 1. The van der Waals surface area contributed by atoms with Crippen LogP contribution >= 0.6 is 0 Å². The topological polar surface area (TPSA) is 112 Å². The fourth-order valence-electron chi connectivity index (χ4n) is 2.60. The monoisotopic (exact) mass is 410 g/mol. The molecule has 0 heterocycles. The molecular formula is C23H26N2O5. The summed E-state index contributed by atoms with van der Waals surface area (Å²) in [6.07, 6.45) is -0.580. The Morgan fingerprint density at radius 2 is 1.80 bits per heavy atom. The summed E-state index contributed by atoms with van der Waals surface area (Å²) >= 11 is 0. The molecule has 0 aliphatic heterocycles. The van der Waals surface area contributed by atoms with Gasteiger partial charge in [-0.2, -0.15) is 5.26 Å². The lowest BCUT2D eigenvalue weighted by Crippen LogP contribution is -2.23. The molecule has 0 saturated carbocycles. The molecule has 0 radical (unpaired) electrons. The number of nitrogens with one attached hydrogen (secondary N) is 1. The SMILES string of the molecule is C/C(O)=C(/C#N)C(=O)Nc1ccc(OC(C)Oc2cccc(C(C)(C)CO)c2)cc1. The molecule has 3 N–H and O–H groups in total. The molecule has 0 aliphatic carbocycles. The molecule has 7 nitrogen and oxygen atoms in total. The Balaban J connectivity index is 1.99. The number of nitriles is 1. The summed E-state index contributed by atoms with van der Waals surface area (Å²) in [6.45, 7) is 6.95. The number of hydrogen-bond donors (Lipinski definition) is 3. The van der Waals surface area contributed by atoms with Gasteiger partial charge in [0.05, 0.1) is 6.61 Å². The van der Waals surface area contributed by atoms with E-state index in [0.29, 0.717) is 17.2 Å². The van der Waals surface area contributed by atoms with Crippen molar-refractivity contribution in [2.45, 2.75) is 39.4 Å². The van der Waals surface area contributed by atoms with Crippen molar-refractivity contribution in [3.8, 4) is 17.6 Å². The Morgan fingerprint density at radius 3 is 2.37 bits per heavy atom. The van der Waals surface area contributed by atoms with Crippen LogP contribution in [0.5, 0.6) is 11.5 Å². The summed E-state index contributed by atoms with van der Waals surface area (Å²) < 4.78 is 11.6. The van der Waals surface area contributed by atoms with Crippen LogP contribution < -0.4 is 14.8 Å². The summed E-state index contributed by atoms with van der Waals surface area (Å²) in [6, 6.07) is 15.7. The zero-order valence-corrected chi connectivity index (χ0v) is 17.5. The van der Waals surface area contributed by atoms with Gasteiger partial charge in [0.15, 0.2) is 5.57 Å². The molecule has 2 aromatic carbocycles. The van der Waals surface area contributed by atoms with E-state index in [0.717, 1.165) is 5.56 Å². The first kappa shape index (κ1) is 22.8. The number of anilines is 1. The normalized spacial score (nSPS) is 12.9. The highest BCUT2D eigenvalue weighted by molar-refractivity contribution is 6.06. The Bertz CT molecular complexity index is 954. The molecule has 30 heavy (non-hydrogen) atoms. The molecule has 7 heteroatoms. The second kappa shape index (κ2) is 9.81. The van der Waals surface area contributed by atoms with Gasteiger partial charge in [0.1, 0.15) is 23.3 Å². The lowest BCUT2D eigenvalue weighted by molar-refractivity contribution is -0.112. The number of nitrogens with zero attached hydrogens (tertiary/aromatic N) is 1. The number of carbonyl (C=O) groups is 1. The average Bonchev–Trinajstić information content (AvgIpc) is 2.70. The molecule has 0 aliphatic rings. The van der Waals surface area contributed by atoms with Crippen molar-refractivity contribution in [1.82, 2.24) is 0 Å². The molecular weight excluding hydrogens is 384 g/mol. The summed E-state index contributed by atoms with van der Waals surface area (Å²) in [5.74, 6) is 0.128. The van der Waals surface area contributed by atoms with E-state index < -0.39 is 12.2 Å². The largest absolute Gasteiger partial charge is 0.511 e. The van der Waals surface area contributed by atoms with E-state index in [1.165, 1.54) is 6.92 Å². The summed E-state index contributed by atoms with van der Waals surface area (Å²) in [5, 5.41) is 30.3. The van der Waals surface area contributed by atoms with Crippen LogP contribution in [0, 0.1) is 11.3 Å². The van der Waals surface area contributed by atoms with Crippen LogP contribution in [0.2, 0.25) is 0 Å². The lowest BCUT2D eigenvalue weighted by Gasteiger charge is -2.23. The molecule has 0 aromatic heterocycles. The maximum atomic E-state index is 12.0. The van der Waals surface area contributed by atoms with Gasteiger partial charge >= 0.3 is 0 Å². The van der Waals surface area contributed by atoms with Gasteiger partial charge in [0, 0.05) is 18.0 Å². The van der Waals surface area contributed by atoms with Crippen LogP contribution in [-0.2, 0) is 10.2 Å². The quantitative estimate of drug-likeness (QED) is 0.262. The van der Waals surface area contributed by atoms with E-state index in [-0.39, 0.29) is 23.4 Å². The number of rotatable bonds is 8. The second-order valence-corrected chi connectivity index (χ2v) is 7.42. The Labute approximate surface area is 176 Å². The minimum Gasteiger partial charge on any atom is -0.511 e. The smallest absolute Gasteiger partial charge is 0.269 e. The van der Waals surface area contributed by atoms with Gasteiger partial charge < -0.3 is 25.0 Å². The first-order valence-electron chi connectivity index (χ1n) is 9.42. The molecule has 1 atom stereocenters. The third kappa shape index (κ3) is 6.00. The minimum atomic E-state index is -0.687. The van der Waals surface area contributed by atoms with Crippen LogP contribution in [0.15, 0.2) is 59.9 Å². The molecule has 0 fully saturated rings. The summed E-state index contributed by atoms with van der Waals surface area (Å²) in [4.78, 5) is 12.0. The van der Waals surface area contributed by atoms with E-state index in [1.807, 2.05) is 38.1 Å². The standard InChI is InChI=1S/C23H26N2O5/c1-15(27)21(13-24)22(28)25-18-8-10-19(11-9-18)29-16(2)30-20-7-5-6-17(12-20)23(3,4)14-26/h5-12,16,26-27H,14H2,1-4H3,(H,25,28)/b21-15+. The third-order valence-electron chi connectivity index (χ3n) is 4.43. The number of hydrogen-bond acceptors (Lipinski definition) is 6. The minimum absolute atomic E-state index is 0.0227. The van der Waals surface area contributed by atoms with Gasteiger partial charge in [-0.3, -0.25) is 4.79 Å². The lowest BCUT2D eigenvalue weighted by atomic mass is 9.85. The van der Waals surface area contributed by atoms with E-state index in [4.69, 9.17) is 14.7 Å². The van der Waals surface area contributed by atoms with Gasteiger partial charge in [-0.25, -0.2) is 0 Å². The fourth-order valence-corrected chi connectivity index (χ4v) is 2.60. The molecule has 2 rings (SSSR count). The number of benzene rings is 2. The maximum absolute atomic E-state index is 12.0. The third-order valence-corrected chi connectivity index (χ3v) is 4.43. The summed E-state index contributed by atoms with van der Waals surface area (Å²) in [5.41, 5.74) is 0.690. The molecule has 1 amide bonds. The molecule has 0 spiro atoms. The van der Waals surface area contributed by atoms with Crippen molar-refractivity contribution in [1.29, 1.82) is 5.26 Å². The number of aliphatic hydroxyl groups is 2. The predicted octanol–water partition coefficient (Wildman–Crippen LogP) is 4.05. The number of amides is 1. The van der Waals surface area contributed by atoms with E-state index in [2.05, 4.69) is 5.32 Å². The van der Waals surface area contributed by atoms with Crippen LogP contribution in [0.3, 0.4) is 0 Å². The highest BCUT2D eigenvalue weighted by atomic mass is 16.7.